The number of pyridine rings is 1. The number of hydrogen-bond donors (Lipinski definition) is 0. The lowest BCUT2D eigenvalue weighted by atomic mass is 10.2. The summed E-state index contributed by atoms with van der Waals surface area (Å²) in [5.41, 5.74) is 4.22. The van der Waals surface area contributed by atoms with Gasteiger partial charge in [0.2, 0.25) is 0 Å². The number of imidazole rings is 1. The average Bonchev–Trinajstić information content (AvgIpc) is 2.87. The Morgan fingerprint density at radius 1 is 1.25 bits per heavy atom. The monoisotopic (exact) mass is 282 g/mol. The molecule has 5 heteroatoms. The number of rotatable bonds is 2. The maximum Gasteiger partial charge on any atom is 0.164 e. The molecule has 4 nitrogen and oxygen atoms in total. The van der Waals surface area contributed by atoms with Crippen molar-refractivity contribution in [2.75, 3.05) is 0 Å². The van der Waals surface area contributed by atoms with Crippen LogP contribution in [0.4, 0.5) is 0 Å². The van der Waals surface area contributed by atoms with Crippen molar-refractivity contribution in [1.29, 1.82) is 5.26 Å². The molecule has 0 aliphatic rings. The van der Waals surface area contributed by atoms with Crippen LogP contribution in [0.15, 0.2) is 36.5 Å². The van der Waals surface area contributed by atoms with Gasteiger partial charge in [0.25, 0.3) is 0 Å². The van der Waals surface area contributed by atoms with E-state index in [0.717, 1.165) is 28.2 Å². The Labute approximate surface area is 121 Å². The zero-order chi connectivity index (χ0) is 14.1. The van der Waals surface area contributed by atoms with E-state index >= 15 is 0 Å². The molecule has 0 saturated heterocycles. The van der Waals surface area contributed by atoms with E-state index in [9.17, 15) is 0 Å². The molecule has 1 aromatic carbocycles. The highest BCUT2D eigenvalue weighted by molar-refractivity contribution is 6.17. The van der Waals surface area contributed by atoms with Crippen LogP contribution in [0.3, 0.4) is 0 Å². The minimum absolute atomic E-state index is 0.301. The lowest BCUT2D eigenvalue weighted by Crippen LogP contribution is -2.00. The fraction of sp³-hybridized carbons (Fsp3) is 0.133. The molecule has 0 radical (unpaired) electrons. The smallest absolute Gasteiger partial charge is 0.164 e. The van der Waals surface area contributed by atoms with Crippen LogP contribution in [0.5, 0.6) is 0 Å². The van der Waals surface area contributed by atoms with Gasteiger partial charge in [-0.25, -0.2) is 9.97 Å². The van der Waals surface area contributed by atoms with Crippen LogP contribution in [0.25, 0.3) is 16.9 Å². The largest absolute Gasteiger partial charge is 0.280 e. The summed E-state index contributed by atoms with van der Waals surface area (Å²) in [4.78, 5) is 8.96. The van der Waals surface area contributed by atoms with E-state index in [0.29, 0.717) is 11.4 Å². The second-order valence-corrected chi connectivity index (χ2v) is 4.72. The number of nitrogens with zero attached hydrogens (tertiary/aromatic N) is 4. The molecule has 3 aromatic rings. The van der Waals surface area contributed by atoms with E-state index in [1.807, 2.05) is 29.7 Å². The van der Waals surface area contributed by atoms with Crippen molar-refractivity contribution < 1.29 is 0 Å². The minimum Gasteiger partial charge on any atom is -0.280 e. The Morgan fingerprint density at radius 3 is 2.65 bits per heavy atom. The van der Waals surface area contributed by atoms with Crippen molar-refractivity contribution in [2.45, 2.75) is 12.8 Å². The van der Waals surface area contributed by atoms with Gasteiger partial charge in [-0.05, 0) is 42.8 Å². The second kappa shape index (κ2) is 4.95. The molecule has 2 heterocycles. The molecule has 0 bridgehead atoms. The van der Waals surface area contributed by atoms with Crippen LogP contribution in [0.1, 0.15) is 17.0 Å². The predicted octanol–water partition coefficient (Wildman–Crippen LogP) is 3.34. The van der Waals surface area contributed by atoms with Gasteiger partial charge in [-0.2, -0.15) is 5.26 Å². The Kier molecular flexibility index (Phi) is 3.13. The number of nitriles is 1. The lowest BCUT2D eigenvalue weighted by molar-refractivity contribution is 0.969. The number of halogens is 1. The molecule has 0 spiro atoms. The summed E-state index contributed by atoms with van der Waals surface area (Å²) in [5.74, 6) is 1.05. The first-order valence-electron chi connectivity index (χ1n) is 6.14. The fourth-order valence-electron chi connectivity index (χ4n) is 2.19. The quantitative estimate of drug-likeness (QED) is 0.677. The van der Waals surface area contributed by atoms with Crippen molar-refractivity contribution >= 4 is 22.8 Å². The van der Waals surface area contributed by atoms with Crippen molar-refractivity contribution in [2.24, 2.45) is 0 Å². The molecule has 0 aliphatic heterocycles. The van der Waals surface area contributed by atoms with Crippen LogP contribution >= 0.6 is 11.6 Å². The first-order valence-corrected chi connectivity index (χ1v) is 6.67. The summed E-state index contributed by atoms with van der Waals surface area (Å²) >= 11 is 6.00. The number of aromatic nitrogens is 3. The molecular formula is C15H11ClN4. The van der Waals surface area contributed by atoms with E-state index in [4.69, 9.17) is 16.9 Å². The summed E-state index contributed by atoms with van der Waals surface area (Å²) in [6.45, 7) is 2.00. The molecule has 0 unspecified atom stereocenters. The molecule has 98 valence electrons. The van der Waals surface area contributed by atoms with Gasteiger partial charge in [0.05, 0.1) is 17.5 Å². The summed E-state index contributed by atoms with van der Waals surface area (Å²) in [7, 11) is 0. The Hall–Kier alpha value is -2.38. The molecule has 2 aromatic heterocycles. The van der Waals surface area contributed by atoms with E-state index in [1.165, 1.54) is 0 Å². The molecular weight excluding hydrogens is 272 g/mol. The molecule has 0 saturated carbocycles. The third kappa shape index (κ3) is 1.93. The molecule has 0 N–H and O–H groups in total. The van der Waals surface area contributed by atoms with Gasteiger partial charge in [0.1, 0.15) is 11.3 Å². The van der Waals surface area contributed by atoms with Crippen LogP contribution in [-0.4, -0.2) is 14.5 Å². The molecule has 0 amide bonds. The summed E-state index contributed by atoms with van der Waals surface area (Å²) in [6.07, 6.45) is 1.76. The standard InChI is InChI=1S/C15H11ClN4/c1-10-6-7-18-15-14(10)19-13(8-16)20(15)12-4-2-11(9-17)3-5-12/h2-7H,8H2,1H3. The highest BCUT2D eigenvalue weighted by Gasteiger charge is 2.14. The number of alkyl halides is 1. The summed E-state index contributed by atoms with van der Waals surface area (Å²) in [6, 6.07) is 11.3. The molecule has 3 rings (SSSR count). The number of fused-ring (bicyclic) bond motifs is 1. The van der Waals surface area contributed by atoms with Crippen LogP contribution in [0, 0.1) is 18.3 Å². The van der Waals surface area contributed by atoms with E-state index in [2.05, 4.69) is 16.0 Å². The minimum atomic E-state index is 0.301. The van der Waals surface area contributed by atoms with Gasteiger partial charge in [0.15, 0.2) is 5.65 Å². The van der Waals surface area contributed by atoms with Crippen molar-refractivity contribution in [3.8, 4) is 11.8 Å². The number of benzene rings is 1. The number of aryl methyl sites for hydroxylation is 1. The third-order valence-corrected chi connectivity index (χ3v) is 3.43. The summed E-state index contributed by atoms with van der Waals surface area (Å²) in [5, 5.41) is 8.87. The van der Waals surface area contributed by atoms with Gasteiger partial charge in [-0.1, -0.05) is 0 Å². The summed E-state index contributed by atoms with van der Waals surface area (Å²) < 4.78 is 1.93. The van der Waals surface area contributed by atoms with Gasteiger partial charge < -0.3 is 0 Å². The van der Waals surface area contributed by atoms with Crippen LogP contribution in [0.2, 0.25) is 0 Å². The SMILES string of the molecule is Cc1ccnc2c1nc(CCl)n2-c1ccc(C#N)cc1. The maximum absolute atomic E-state index is 8.87. The topological polar surface area (TPSA) is 54.5 Å². The van der Waals surface area contributed by atoms with Gasteiger partial charge in [-0.3, -0.25) is 4.57 Å². The highest BCUT2D eigenvalue weighted by Crippen LogP contribution is 2.23. The molecule has 20 heavy (non-hydrogen) atoms. The average molecular weight is 283 g/mol. The predicted molar refractivity (Wildman–Crippen MR) is 77.9 cm³/mol. The fourth-order valence-corrected chi connectivity index (χ4v) is 2.36. The van der Waals surface area contributed by atoms with Crippen molar-refractivity contribution in [1.82, 2.24) is 14.5 Å². The van der Waals surface area contributed by atoms with Crippen LogP contribution in [-0.2, 0) is 5.88 Å². The Morgan fingerprint density at radius 2 is 2.00 bits per heavy atom. The zero-order valence-electron chi connectivity index (χ0n) is 10.8. The molecule has 0 fully saturated rings. The maximum atomic E-state index is 8.87. The highest BCUT2D eigenvalue weighted by atomic mass is 35.5. The normalized spacial score (nSPS) is 10.7. The van der Waals surface area contributed by atoms with Gasteiger partial charge >= 0.3 is 0 Å². The van der Waals surface area contributed by atoms with E-state index in [-0.39, 0.29) is 0 Å². The van der Waals surface area contributed by atoms with Crippen molar-refractivity contribution in [3.63, 3.8) is 0 Å². The van der Waals surface area contributed by atoms with Gasteiger partial charge in [-0.15, -0.1) is 11.6 Å². The van der Waals surface area contributed by atoms with E-state index in [1.54, 1.807) is 18.3 Å². The van der Waals surface area contributed by atoms with Crippen LogP contribution < -0.4 is 0 Å². The van der Waals surface area contributed by atoms with Gasteiger partial charge in [0, 0.05) is 11.9 Å². The third-order valence-electron chi connectivity index (χ3n) is 3.19. The Balaban J connectivity index is 2.28. The lowest BCUT2D eigenvalue weighted by Gasteiger charge is -2.07. The number of hydrogen-bond acceptors (Lipinski definition) is 3. The Bertz CT molecular complexity index is 812. The molecule has 0 aliphatic carbocycles. The first kappa shape index (κ1) is 12.6. The van der Waals surface area contributed by atoms with Crippen molar-refractivity contribution in [3.05, 3.63) is 53.5 Å². The zero-order valence-corrected chi connectivity index (χ0v) is 11.6. The molecule has 0 atom stereocenters. The second-order valence-electron chi connectivity index (χ2n) is 4.46. The van der Waals surface area contributed by atoms with E-state index < -0.39 is 0 Å². The first-order chi connectivity index (χ1) is 9.74.